The fourth-order valence-corrected chi connectivity index (χ4v) is 4.26. The molecule has 7 heteroatoms. The van der Waals surface area contributed by atoms with Crippen molar-refractivity contribution in [2.75, 3.05) is 18.1 Å². The first-order valence-electron chi connectivity index (χ1n) is 6.76. The Morgan fingerprint density at radius 2 is 2.29 bits per heavy atom. The Balaban J connectivity index is 1.80. The Labute approximate surface area is 129 Å². The molecule has 1 heterocycles. The van der Waals surface area contributed by atoms with Gasteiger partial charge in [-0.2, -0.15) is 0 Å². The number of rotatable bonds is 5. The van der Waals surface area contributed by atoms with Crippen LogP contribution in [0.2, 0.25) is 5.02 Å². The molecule has 1 amide bonds. The monoisotopic (exact) mass is 331 g/mol. The van der Waals surface area contributed by atoms with Crippen LogP contribution in [0.5, 0.6) is 5.75 Å². The number of benzene rings is 1. The molecule has 2 rings (SSSR count). The predicted molar refractivity (Wildman–Crippen MR) is 81.3 cm³/mol. The second-order valence-electron chi connectivity index (χ2n) is 5.23. The van der Waals surface area contributed by atoms with Gasteiger partial charge in [-0.3, -0.25) is 4.79 Å². The largest absolute Gasteiger partial charge is 0.481 e. The zero-order chi connectivity index (χ0) is 15.5. The van der Waals surface area contributed by atoms with Crippen molar-refractivity contribution >= 4 is 27.3 Å². The summed E-state index contributed by atoms with van der Waals surface area (Å²) < 4.78 is 28.2. The summed E-state index contributed by atoms with van der Waals surface area (Å²) in [6.45, 7) is 2.00. The Morgan fingerprint density at radius 1 is 1.52 bits per heavy atom. The molecule has 1 aliphatic rings. The second-order valence-corrected chi connectivity index (χ2v) is 7.90. The van der Waals surface area contributed by atoms with Crippen molar-refractivity contribution in [2.24, 2.45) is 5.92 Å². The first-order chi connectivity index (χ1) is 9.85. The van der Waals surface area contributed by atoms with E-state index in [1.54, 1.807) is 31.2 Å². The molecule has 1 saturated heterocycles. The van der Waals surface area contributed by atoms with Crippen molar-refractivity contribution in [3.63, 3.8) is 0 Å². The van der Waals surface area contributed by atoms with Crippen LogP contribution in [-0.4, -0.2) is 38.5 Å². The fourth-order valence-electron chi connectivity index (χ4n) is 2.22. The van der Waals surface area contributed by atoms with E-state index in [-0.39, 0.29) is 23.3 Å². The Bertz CT molecular complexity index is 617. The molecule has 1 N–H and O–H groups in total. The number of carbonyl (C=O) groups excluding carboxylic acids is 1. The maximum Gasteiger partial charge on any atom is 0.260 e. The summed E-state index contributed by atoms with van der Waals surface area (Å²) in [5.74, 6) is 0.615. The number of sulfone groups is 1. The standard InChI is InChI=1S/C14H18ClNO4S/c1-10(20-13-4-2-3-12(15)7-13)14(17)16-8-11-5-6-21(18,19)9-11/h2-4,7,10-11H,5-6,8-9H2,1H3,(H,16,17)/t10-,11+/m0/s1. The van der Waals surface area contributed by atoms with Gasteiger partial charge in [-0.15, -0.1) is 0 Å². The normalized spacial score (nSPS) is 21.7. The van der Waals surface area contributed by atoms with Gasteiger partial charge in [-0.1, -0.05) is 17.7 Å². The lowest BCUT2D eigenvalue weighted by molar-refractivity contribution is -0.127. The van der Waals surface area contributed by atoms with Crippen LogP contribution in [0, 0.1) is 5.92 Å². The molecule has 0 aliphatic carbocycles. The van der Waals surface area contributed by atoms with Crippen LogP contribution in [0.3, 0.4) is 0 Å². The highest BCUT2D eigenvalue weighted by molar-refractivity contribution is 7.91. The maximum absolute atomic E-state index is 11.9. The lowest BCUT2D eigenvalue weighted by Gasteiger charge is -2.16. The van der Waals surface area contributed by atoms with Gasteiger partial charge in [-0.05, 0) is 37.5 Å². The number of hydrogen-bond donors (Lipinski definition) is 1. The second kappa shape index (κ2) is 6.66. The third-order valence-electron chi connectivity index (χ3n) is 3.37. The lowest BCUT2D eigenvalue weighted by Crippen LogP contribution is -2.39. The molecular weight excluding hydrogens is 314 g/mol. The summed E-state index contributed by atoms with van der Waals surface area (Å²) >= 11 is 5.84. The predicted octanol–water partition coefficient (Wildman–Crippen LogP) is 1.66. The Hall–Kier alpha value is -1.27. The molecule has 5 nitrogen and oxygen atoms in total. The molecule has 21 heavy (non-hydrogen) atoms. The van der Waals surface area contributed by atoms with E-state index >= 15 is 0 Å². The summed E-state index contributed by atoms with van der Waals surface area (Å²) in [5, 5.41) is 3.27. The van der Waals surface area contributed by atoms with Gasteiger partial charge in [0.15, 0.2) is 15.9 Å². The molecule has 0 unspecified atom stereocenters. The molecule has 1 aliphatic heterocycles. The third kappa shape index (κ3) is 4.89. The average Bonchev–Trinajstić information content (AvgIpc) is 2.75. The van der Waals surface area contributed by atoms with E-state index in [4.69, 9.17) is 16.3 Å². The van der Waals surface area contributed by atoms with Crippen LogP contribution in [-0.2, 0) is 14.6 Å². The first kappa shape index (κ1) is 16.1. The van der Waals surface area contributed by atoms with Crippen LogP contribution in [0.4, 0.5) is 0 Å². The Kier molecular flexibility index (Phi) is 5.11. The number of amides is 1. The highest BCUT2D eigenvalue weighted by atomic mass is 35.5. The smallest absolute Gasteiger partial charge is 0.260 e. The molecule has 1 fully saturated rings. The van der Waals surface area contributed by atoms with Gasteiger partial charge in [-0.25, -0.2) is 8.42 Å². The molecule has 0 saturated carbocycles. The van der Waals surface area contributed by atoms with Gasteiger partial charge in [0.1, 0.15) is 5.75 Å². The van der Waals surface area contributed by atoms with Crippen LogP contribution >= 0.6 is 11.6 Å². The lowest BCUT2D eigenvalue weighted by atomic mass is 10.1. The molecule has 2 atom stereocenters. The summed E-state index contributed by atoms with van der Waals surface area (Å²) in [6.07, 6.45) is -0.0620. The summed E-state index contributed by atoms with van der Waals surface area (Å²) in [5.41, 5.74) is 0. The summed E-state index contributed by atoms with van der Waals surface area (Å²) in [4.78, 5) is 11.9. The van der Waals surface area contributed by atoms with Crippen LogP contribution < -0.4 is 10.1 Å². The average molecular weight is 332 g/mol. The van der Waals surface area contributed by atoms with Crippen molar-refractivity contribution in [3.8, 4) is 5.75 Å². The molecule has 1 aromatic carbocycles. The van der Waals surface area contributed by atoms with Crippen molar-refractivity contribution in [2.45, 2.75) is 19.4 Å². The minimum absolute atomic E-state index is 0.00248. The maximum atomic E-state index is 11.9. The van der Waals surface area contributed by atoms with E-state index in [0.717, 1.165) is 0 Å². The van der Waals surface area contributed by atoms with E-state index in [2.05, 4.69) is 5.32 Å². The van der Waals surface area contributed by atoms with E-state index in [0.29, 0.717) is 23.7 Å². The summed E-state index contributed by atoms with van der Waals surface area (Å²) in [6, 6.07) is 6.82. The SMILES string of the molecule is C[C@H](Oc1cccc(Cl)c1)C(=O)NC[C@H]1CCS(=O)(=O)C1. The van der Waals surface area contributed by atoms with Crippen LogP contribution in [0.15, 0.2) is 24.3 Å². The van der Waals surface area contributed by atoms with Crippen molar-refractivity contribution < 1.29 is 17.9 Å². The van der Waals surface area contributed by atoms with Gasteiger partial charge in [0.2, 0.25) is 0 Å². The topological polar surface area (TPSA) is 72.5 Å². The summed E-state index contributed by atoms with van der Waals surface area (Å²) in [7, 11) is -2.91. The molecule has 1 aromatic rings. The van der Waals surface area contributed by atoms with Crippen LogP contribution in [0.25, 0.3) is 0 Å². The Morgan fingerprint density at radius 3 is 2.90 bits per heavy atom. The number of nitrogens with one attached hydrogen (secondary N) is 1. The first-order valence-corrected chi connectivity index (χ1v) is 8.96. The molecule has 0 aromatic heterocycles. The van der Waals surface area contributed by atoms with Gasteiger partial charge >= 0.3 is 0 Å². The minimum Gasteiger partial charge on any atom is -0.481 e. The van der Waals surface area contributed by atoms with E-state index < -0.39 is 15.9 Å². The number of halogens is 1. The molecular formula is C14H18ClNO4S. The zero-order valence-corrected chi connectivity index (χ0v) is 13.3. The van der Waals surface area contributed by atoms with Crippen molar-refractivity contribution in [1.29, 1.82) is 0 Å². The highest BCUT2D eigenvalue weighted by Gasteiger charge is 2.28. The van der Waals surface area contributed by atoms with Crippen molar-refractivity contribution in [3.05, 3.63) is 29.3 Å². The van der Waals surface area contributed by atoms with Gasteiger partial charge in [0, 0.05) is 11.6 Å². The molecule has 116 valence electrons. The third-order valence-corrected chi connectivity index (χ3v) is 5.44. The molecule has 0 spiro atoms. The van der Waals surface area contributed by atoms with Crippen LogP contribution in [0.1, 0.15) is 13.3 Å². The quantitative estimate of drug-likeness (QED) is 0.890. The molecule has 0 bridgehead atoms. The van der Waals surface area contributed by atoms with Crippen molar-refractivity contribution in [1.82, 2.24) is 5.32 Å². The van der Waals surface area contributed by atoms with Gasteiger partial charge in [0.25, 0.3) is 5.91 Å². The number of ether oxygens (including phenoxy) is 1. The van der Waals surface area contributed by atoms with E-state index in [1.165, 1.54) is 0 Å². The minimum atomic E-state index is -2.91. The van der Waals surface area contributed by atoms with Gasteiger partial charge < -0.3 is 10.1 Å². The number of hydrogen-bond acceptors (Lipinski definition) is 4. The fraction of sp³-hybridized carbons (Fsp3) is 0.500. The zero-order valence-electron chi connectivity index (χ0n) is 11.7. The van der Waals surface area contributed by atoms with Gasteiger partial charge in [0.05, 0.1) is 11.5 Å². The van der Waals surface area contributed by atoms with E-state index in [1.807, 2.05) is 0 Å². The molecule has 0 radical (unpaired) electrons. The highest BCUT2D eigenvalue weighted by Crippen LogP contribution is 2.19. The number of carbonyl (C=O) groups is 1. The van der Waals surface area contributed by atoms with E-state index in [9.17, 15) is 13.2 Å².